The van der Waals surface area contributed by atoms with Gasteiger partial charge in [-0.2, -0.15) is 0 Å². The largest absolute Gasteiger partial charge is 0.340 e. The van der Waals surface area contributed by atoms with Gasteiger partial charge in [-0.3, -0.25) is 0 Å². The minimum atomic E-state index is 0.266. The predicted octanol–water partition coefficient (Wildman–Crippen LogP) is 0.568. The summed E-state index contributed by atoms with van der Waals surface area (Å²) < 4.78 is 0. The van der Waals surface area contributed by atoms with Crippen LogP contribution in [0.15, 0.2) is 12.4 Å². The molecule has 0 saturated heterocycles. The molecular formula is C9H16N4. The summed E-state index contributed by atoms with van der Waals surface area (Å²) in [6.07, 6.45) is 3.62. The summed E-state index contributed by atoms with van der Waals surface area (Å²) in [5.41, 5.74) is 6.61. The third-order valence-electron chi connectivity index (χ3n) is 2.09. The molecule has 0 bridgehead atoms. The number of likely N-dealkylation sites (N-methyl/N-ethyl adjacent to an activating group) is 1. The van der Waals surface area contributed by atoms with Crippen LogP contribution in [0.5, 0.6) is 0 Å². The molecule has 0 aliphatic rings. The molecular weight excluding hydrogens is 164 g/mol. The van der Waals surface area contributed by atoms with E-state index in [2.05, 4.69) is 9.97 Å². The molecule has 1 rings (SSSR count). The van der Waals surface area contributed by atoms with Gasteiger partial charge in [0.15, 0.2) is 0 Å². The van der Waals surface area contributed by atoms with Crippen molar-refractivity contribution in [3.05, 3.63) is 18.0 Å². The van der Waals surface area contributed by atoms with Crippen molar-refractivity contribution in [3.8, 4) is 0 Å². The number of hydrogen-bond acceptors (Lipinski definition) is 4. The van der Waals surface area contributed by atoms with E-state index >= 15 is 0 Å². The lowest BCUT2D eigenvalue weighted by molar-refractivity contribution is 0.677. The summed E-state index contributed by atoms with van der Waals surface area (Å²) in [5.74, 6) is 0.726. The number of aryl methyl sites for hydroxylation is 1. The molecule has 0 saturated carbocycles. The van der Waals surface area contributed by atoms with E-state index in [1.807, 2.05) is 38.2 Å². The first kappa shape index (κ1) is 9.92. The Hall–Kier alpha value is -1.16. The van der Waals surface area contributed by atoms with Gasteiger partial charge in [-0.15, -0.1) is 0 Å². The summed E-state index contributed by atoms with van der Waals surface area (Å²) in [4.78, 5) is 10.4. The zero-order chi connectivity index (χ0) is 9.84. The number of nitrogens with two attached hydrogens (primary N) is 1. The Labute approximate surface area is 78.8 Å². The molecule has 0 aromatic carbocycles. The zero-order valence-electron chi connectivity index (χ0n) is 8.36. The van der Waals surface area contributed by atoms with Crippen molar-refractivity contribution in [2.75, 3.05) is 18.5 Å². The lowest BCUT2D eigenvalue weighted by atomic mass is 10.3. The van der Waals surface area contributed by atoms with Crippen LogP contribution in [0.2, 0.25) is 0 Å². The van der Waals surface area contributed by atoms with Crippen LogP contribution in [0.3, 0.4) is 0 Å². The van der Waals surface area contributed by atoms with E-state index in [-0.39, 0.29) is 6.04 Å². The predicted molar refractivity (Wildman–Crippen MR) is 53.7 cm³/mol. The monoisotopic (exact) mass is 180 g/mol. The van der Waals surface area contributed by atoms with Crippen molar-refractivity contribution in [2.24, 2.45) is 5.73 Å². The van der Waals surface area contributed by atoms with E-state index < -0.39 is 0 Å². The van der Waals surface area contributed by atoms with Crippen LogP contribution in [0, 0.1) is 6.92 Å². The second-order valence-corrected chi connectivity index (χ2v) is 3.26. The van der Waals surface area contributed by atoms with E-state index in [1.54, 1.807) is 0 Å². The molecule has 4 heteroatoms. The number of nitrogens with zero attached hydrogens (tertiary/aromatic N) is 3. The first-order chi connectivity index (χ1) is 6.15. The van der Waals surface area contributed by atoms with Crippen LogP contribution in [0.25, 0.3) is 0 Å². The van der Waals surface area contributed by atoms with Crippen molar-refractivity contribution < 1.29 is 0 Å². The Morgan fingerprint density at radius 1 is 1.46 bits per heavy atom. The maximum absolute atomic E-state index is 5.54. The Bertz CT molecular complexity index is 257. The van der Waals surface area contributed by atoms with Crippen LogP contribution in [0.4, 0.5) is 5.95 Å². The highest BCUT2D eigenvalue weighted by atomic mass is 15.2. The molecule has 72 valence electrons. The first-order valence-corrected chi connectivity index (χ1v) is 4.36. The lowest BCUT2D eigenvalue weighted by Gasteiger charge is -2.23. The SMILES string of the molecule is Cc1cnc(N(C)C(C)CN)nc1. The lowest BCUT2D eigenvalue weighted by Crippen LogP contribution is -2.36. The smallest absolute Gasteiger partial charge is 0.225 e. The molecule has 1 unspecified atom stereocenters. The minimum absolute atomic E-state index is 0.266. The van der Waals surface area contributed by atoms with Crippen molar-refractivity contribution in [1.29, 1.82) is 0 Å². The number of anilines is 1. The molecule has 1 aromatic rings. The normalized spacial score (nSPS) is 12.6. The summed E-state index contributed by atoms with van der Waals surface area (Å²) >= 11 is 0. The standard InChI is InChI=1S/C9H16N4/c1-7-5-11-9(12-6-7)13(3)8(2)4-10/h5-6,8H,4,10H2,1-3H3. The van der Waals surface area contributed by atoms with Crippen LogP contribution < -0.4 is 10.6 Å². The maximum atomic E-state index is 5.54. The molecule has 2 N–H and O–H groups in total. The van der Waals surface area contributed by atoms with E-state index in [0.717, 1.165) is 11.5 Å². The number of hydrogen-bond donors (Lipinski definition) is 1. The van der Waals surface area contributed by atoms with Gasteiger partial charge in [-0.05, 0) is 19.4 Å². The average Bonchev–Trinajstić information content (AvgIpc) is 2.17. The number of rotatable bonds is 3. The summed E-state index contributed by atoms with van der Waals surface area (Å²) in [6.45, 7) is 4.62. The van der Waals surface area contributed by atoms with Gasteiger partial charge in [0.1, 0.15) is 0 Å². The molecule has 1 aromatic heterocycles. The van der Waals surface area contributed by atoms with Gasteiger partial charge in [0.25, 0.3) is 0 Å². The van der Waals surface area contributed by atoms with Gasteiger partial charge in [0, 0.05) is 32.0 Å². The Morgan fingerprint density at radius 3 is 2.46 bits per heavy atom. The van der Waals surface area contributed by atoms with Crippen molar-refractivity contribution >= 4 is 5.95 Å². The first-order valence-electron chi connectivity index (χ1n) is 4.36. The van der Waals surface area contributed by atoms with Gasteiger partial charge >= 0.3 is 0 Å². The second-order valence-electron chi connectivity index (χ2n) is 3.26. The molecule has 0 aliphatic heterocycles. The fourth-order valence-corrected chi connectivity index (χ4v) is 0.923. The molecule has 4 nitrogen and oxygen atoms in total. The molecule has 0 spiro atoms. The fourth-order valence-electron chi connectivity index (χ4n) is 0.923. The second kappa shape index (κ2) is 4.18. The highest BCUT2D eigenvalue weighted by molar-refractivity contribution is 5.29. The summed E-state index contributed by atoms with van der Waals surface area (Å²) in [5, 5.41) is 0. The molecule has 0 amide bonds. The highest BCUT2D eigenvalue weighted by Gasteiger charge is 2.09. The zero-order valence-corrected chi connectivity index (χ0v) is 8.36. The van der Waals surface area contributed by atoms with Crippen molar-refractivity contribution in [3.63, 3.8) is 0 Å². The van der Waals surface area contributed by atoms with E-state index in [9.17, 15) is 0 Å². The van der Waals surface area contributed by atoms with Gasteiger partial charge in [0.2, 0.25) is 5.95 Å². The van der Waals surface area contributed by atoms with E-state index in [4.69, 9.17) is 5.73 Å². The molecule has 0 fully saturated rings. The molecule has 1 atom stereocenters. The summed E-state index contributed by atoms with van der Waals surface area (Å²) in [6, 6.07) is 0.266. The van der Waals surface area contributed by atoms with Crippen LogP contribution in [-0.4, -0.2) is 29.6 Å². The van der Waals surface area contributed by atoms with E-state index in [1.165, 1.54) is 0 Å². The van der Waals surface area contributed by atoms with Gasteiger partial charge < -0.3 is 10.6 Å². The van der Waals surface area contributed by atoms with Crippen LogP contribution >= 0.6 is 0 Å². The van der Waals surface area contributed by atoms with Crippen molar-refractivity contribution in [1.82, 2.24) is 9.97 Å². The van der Waals surface area contributed by atoms with Gasteiger partial charge in [-0.1, -0.05) is 0 Å². The topological polar surface area (TPSA) is 55.0 Å². The van der Waals surface area contributed by atoms with Crippen LogP contribution in [-0.2, 0) is 0 Å². The van der Waals surface area contributed by atoms with Crippen LogP contribution in [0.1, 0.15) is 12.5 Å². The molecule has 0 aliphatic carbocycles. The maximum Gasteiger partial charge on any atom is 0.225 e. The quantitative estimate of drug-likeness (QED) is 0.738. The number of aromatic nitrogens is 2. The minimum Gasteiger partial charge on any atom is -0.340 e. The summed E-state index contributed by atoms with van der Waals surface area (Å²) in [7, 11) is 1.95. The Balaban J connectivity index is 2.77. The Kier molecular flexibility index (Phi) is 3.19. The van der Waals surface area contributed by atoms with Crippen molar-refractivity contribution in [2.45, 2.75) is 19.9 Å². The molecule has 13 heavy (non-hydrogen) atoms. The fraction of sp³-hybridized carbons (Fsp3) is 0.556. The third kappa shape index (κ3) is 2.39. The van der Waals surface area contributed by atoms with Gasteiger partial charge in [0.05, 0.1) is 0 Å². The highest BCUT2D eigenvalue weighted by Crippen LogP contribution is 2.06. The third-order valence-corrected chi connectivity index (χ3v) is 2.09. The average molecular weight is 180 g/mol. The Morgan fingerprint density at radius 2 is 2.00 bits per heavy atom. The molecule has 0 radical (unpaired) electrons. The molecule has 1 heterocycles. The van der Waals surface area contributed by atoms with Gasteiger partial charge in [-0.25, -0.2) is 9.97 Å². The van der Waals surface area contributed by atoms with E-state index in [0.29, 0.717) is 6.54 Å².